The van der Waals surface area contributed by atoms with E-state index in [1.807, 2.05) is 18.7 Å². The summed E-state index contributed by atoms with van der Waals surface area (Å²) in [5.74, 6) is 1.61. The Hall–Kier alpha value is -2.35. The average molecular weight is 515 g/mol. The Bertz CT molecular complexity index is 907. The van der Waals surface area contributed by atoms with Crippen LogP contribution in [0.15, 0.2) is 78.3 Å². The van der Waals surface area contributed by atoms with E-state index in [1.165, 1.54) is 23.1 Å². The molecular formula is C24H30IN5. The number of imidazole rings is 1. The summed E-state index contributed by atoms with van der Waals surface area (Å²) >= 11 is 0. The molecule has 158 valence electrons. The van der Waals surface area contributed by atoms with Crippen LogP contribution < -0.4 is 5.32 Å². The Labute approximate surface area is 196 Å². The van der Waals surface area contributed by atoms with Gasteiger partial charge < -0.3 is 14.8 Å². The second kappa shape index (κ2) is 11.2. The van der Waals surface area contributed by atoms with Crippen molar-refractivity contribution in [2.24, 2.45) is 4.99 Å². The van der Waals surface area contributed by atoms with Gasteiger partial charge in [-0.2, -0.15) is 0 Å². The number of hydrogen-bond donors (Lipinski definition) is 1. The molecule has 0 saturated carbocycles. The van der Waals surface area contributed by atoms with Gasteiger partial charge in [0.25, 0.3) is 0 Å². The molecule has 1 fully saturated rings. The third-order valence-corrected chi connectivity index (χ3v) is 5.45. The highest BCUT2D eigenvalue weighted by Gasteiger charge is 2.25. The fourth-order valence-corrected chi connectivity index (χ4v) is 3.88. The van der Waals surface area contributed by atoms with Crippen LogP contribution in [0.4, 0.5) is 0 Å². The predicted molar refractivity (Wildman–Crippen MR) is 133 cm³/mol. The van der Waals surface area contributed by atoms with Gasteiger partial charge in [-0.1, -0.05) is 54.6 Å². The molecule has 3 aromatic rings. The van der Waals surface area contributed by atoms with Gasteiger partial charge in [0.15, 0.2) is 5.96 Å². The molecule has 2 aromatic carbocycles. The monoisotopic (exact) mass is 515 g/mol. The molecule has 0 aliphatic carbocycles. The first-order valence-corrected chi connectivity index (χ1v) is 10.4. The van der Waals surface area contributed by atoms with Crippen LogP contribution in [0, 0.1) is 0 Å². The third kappa shape index (κ3) is 5.84. The molecule has 1 saturated heterocycles. The van der Waals surface area contributed by atoms with E-state index in [2.05, 4.69) is 81.3 Å². The lowest BCUT2D eigenvalue weighted by Gasteiger charge is -2.22. The van der Waals surface area contributed by atoms with Crippen LogP contribution >= 0.6 is 24.0 Å². The first-order valence-electron chi connectivity index (χ1n) is 10.4. The van der Waals surface area contributed by atoms with Crippen molar-refractivity contribution >= 4 is 29.9 Å². The number of guanidine groups is 1. The van der Waals surface area contributed by atoms with Gasteiger partial charge in [0, 0.05) is 44.5 Å². The number of hydrogen-bond acceptors (Lipinski definition) is 2. The van der Waals surface area contributed by atoms with Gasteiger partial charge >= 0.3 is 0 Å². The van der Waals surface area contributed by atoms with Crippen LogP contribution in [0.2, 0.25) is 0 Å². The molecule has 0 amide bonds. The molecule has 6 heteroatoms. The molecule has 0 bridgehead atoms. The van der Waals surface area contributed by atoms with Gasteiger partial charge in [0.2, 0.25) is 0 Å². The highest BCUT2D eigenvalue weighted by atomic mass is 127. The molecule has 4 rings (SSSR count). The number of halogens is 1. The van der Waals surface area contributed by atoms with Crippen LogP contribution in [-0.2, 0) is 13.1 Å². The number of rotatable bonds is 6. The van der Waals surface area contributed by atoms with Gasteiger partial charge in [0.05, 0.1) is 12.9 Å². The molecule has 1 aliphatic heterocycles. The van der Waals surface area contributed by atoms with Crippen molar-refractivity contribution in [3.8, 4) is 0 Å². The summed E-state index contributed by atoms with van der Waals surface area (Å²) in [7, 11) is 0. The fraction of sp³-hybridized carbons (Fsp3) is 0.333. The highest BCUT2D eigenvalue weighted by molar-refractivity contribution is 14.0. The van der Waals surface area contributed by atoms with E-state index in [-0.39, 0.29) is 24.0 Å². The van der Waals surface area contributed by atoms with Crippen LogP contribution in [-0.4, -0.2) is 40.0 Å². The van der Waals surface area contributed by atoms with Crippen LogP contribution in [0.1, 0.15) is 36.0 Å². The molecule has 2 heterocycles. The maximum absolute atomic E-state index is 4.92. The molecule has 1 aromatic heterocycles. The third-order valence-electron chi connectivity index (χ3n) is 5.45. The largest absolute Gasteiger partial charge is 0.357 e. The Morgan fingerprint density at radius 2 is 1.87 bits per heavy atom. The van der Waals surface area contributed by atoms with E-state index in [0.29, 0.717) is 12.5 Å². The summed E-state index contributed by atoms with van der Waals surface area (Å²) in [4.78, 5) is 11.4. The molecule has 1 aliphatic rings. The Kier molecular flexibility index (Phi) is 8.30. The van der Waals surface area contributed by atoms with Crippen LogP contribution in [0.5, 0.6) is 0 Å². The highest BCUT2D eigenvalue weighted by Crippen LogP contribution is 2.27. The summed E-state index contributed by atoms with van der Waals surface area (Å²) in [5.41, 5.74) is 3.93. The molecule has 1 N–H and O–H groups in total. The minimum absolute atomic E-state index is 0. The van der Waals surface area contributed by atoms with E-state index >= 15 is 0 Å². The van der Waals surface area contributed by atoms with E-state index in [1.54, 1.807) is 0 Å². The lowest BCUT2D eigenvalue weighted by molar-refractivity contribution is 0.486. The minimum Gasteiger partial charge on any atom is -0.357 e. The fourth-order valence-electron chi connectivity index (χ4n) is 3.88. The van der Waals surface area contributed by atoms with Crippen molar-refractivity contribution in [2.45, 2.75) is 32.4 Å². The lowest BCUT2D eigenvalue weighted by atomic mass is 9.99. The number of aromatic nitrogens is 2. The first kappa shape index (κ1) is 22.3. The zero-order valence-corrected chi connectivity index (χ0v) is 19.8. The van der Waals surface area contributed by atoms with Gasteiger partial charge in [-0.15, -0.1) is 24.0 Å². The lowest BCUT2D eigenvalue weighted by Crippen LogP contribution is -2.40. The summed E-state index contributed by atoms with van der Waals surface area (Å²) in [6, 6.07) is 19.5. The van der Waals surface area contributed by atoms with Gasteiger partial charge in [-0.3, -0.25) is 0 Å². The van der Waals surface area contributed by atoms with E-state index < -0.39 is 0 Å². The van der Waals surface area contributed by atoms with E-state index in [0.717, 1.165) is 32.1 Å². The van der Waals surface area contributed by atoms with E-state index in [9.17, 15) is 0 Å². The molecular weight excluding hydrogens is 485 g/mol. The predicted octanol–water partition coefficient (Wildman–Crippen LogP) is 4.50. The van der Waals surface area contributed by atoms with Gasteiger partial charge in [-0.25, -0.2) is 9.98 Å². The number of likely N-dealkylation sites (tertiary alicyclic amines) is 1. The number of nitrogens with one attached hydrogen (secondary N) is 1. The van der Waals surface area contributed by atoms with Crippen LogP contribution in [0.3, 0.4) is 0 Å². The summed E-state index contributed by atoms with van der Waals surface area (Å²) in [5, 5.41) is 3.47. The van der Waals surface area contributed by atoms with Crippen molar-refractivity contribution in [2.75, 3.05) is 19.6 Å². The van der Waals surface area contributed by atoms with E-state index in [4.69, 9.17) is 4.99 Å². The average Bonchev–Trinajstić information content (AvgIpc) is 3.45. The van der Waals surface area contributed by atoms with Gasteiger partial charge in [0.1, 0.15) is 0 Å². The minimum atomic E-state index is 0. The van der Waals surface area contributed by atoms with Crippen molar-refractivity contribution < 1.29 is 0 Å². The maximum Gasteiger partial charge on any atom is 0.194 e. The zero-order chi connectivity index (χ0) is 19.9. The molecule has 0 spiro atoms. The normalized spacial score (nSPS) is 16.4. The van der Waals surface area contributed by atoms with Crippen molar-refractivity contribution in [1.82, 2.24) is 19.8 Å². The smallest absolute Gasteiger partial charge is 0.194 e. The van der Waals surface area contributed by atoms with Crippen molar-refractivity contribution in [3.05, 3.63) is 90.0 Å². The number of nitrogens with zero attached hydrogens (tertiary/aromatic N) is 4. The second-order valence-electron chi connectivity index (χ2n) is 7.56. The quantitative estimate of drug-likeness (QED) is 0.299. The summed E-state index contributed by atoms with van der Waals surface area (Å²) in [6.45, 7) is 6.64. The number of benzene rings is 2. The molecule has 30 heavy (non-hydrogen) atoms. The molecule has 1 unspecified atom stereocenters. The summed E-state index contributed by atoms with van der Waals surface area (Å²) < 4.78 is 2.08. The zero-order valence-electron chi connectivity index (χ0n) is 17.4. The SMILES string of the molecule is CCNC(=NCc1ccc(Cn2ccnc2)cc1)N1CCC(c2ccccc2)C1.I. The first-order chi connectivity index (χ1) is 14.3. The van der Waals surface area contributed by atoms with Gasteiger partial charge in [-0.05, 0) is 30.0 Å². The summed E-state index contributed by atoms with van der Waals surface area (Å²) in [6.07, 6.45) is 6.82. The Morgan fingerprint density at radius 3 is 2.57 bits per heavy atom. The maximum atomic E-state index is 4.92. The Balaban J connectivity index is 0.00000256. The van der Waals surface area contributed by atoms with Crippen LogP contribution in [0.25, 0.3) is 0 Å². The topological polar surface area (TPSA) is 45.5 Å². The molecule has 5 nitrogen and oxygen atoms in total. The standard InChI is InChI=1S/C24H29N5.HI/c1-2-26-24(29-14-12-23(18-29)22-6-4-3-5-7-22)27-16-20-8-10-21(11-9-20)17-28-15-13-25-19-28;/h3-11,13,15,19,23H,2,12,14,16-18H2,1H3,(H,26,27);1H. The Morgan fingerprint density at radius 1 is 1.10 bits per heavy atom. The van der Waals surface area contributed by atoms with Crippen molar-refractivity contribution in [1.29, 1.82) is 0 Å². The molecule has 0 radical (unpaired) electrons. The number of aliphatic imine (C=N–C) groups is 1. The van der Waals surface area contributed by atoms with Crippen molar-refractivity contribution in [3.63, 3.8) is 0 Å². The molecule has 1 atom stereocenters. The second-order valence-corrected chi connectivity index (χ2v) is 7.56.